The van der Waals surface area contributed by atoms with Crippen LogP contribution in [0.4, 0.5) is 0 Å². The molecular weight excluding hydrogens is 440 g/mol. The van der Waals surface area contributed by atoms with Crippen LogP contribution in [-0.4, -0.2) is 32.3 Å². The van der Waals surface area contributed by atoms with Crippen molar-refractivity contribution in [2.24, 2.45) is 0 Å². The van der Waals surface area contributed by atoms with E-state index >= 15 is 0 Å². The summed E-state index contributed by atoms with van der Waals surface area (Å²) in [5, 5.41) is 0.529. The summed E-state index contributed by atoms with van der Waals surface area (Å²) in [6.07, 6.45) is 8.29. The molecule has 1 aromatic rings. The van der Waals surface area contributed by atoms with E-state index in [4.69, 9.17) is 20.8 Å². The van der Waals surface area contributed by atoms with E-state index in [1.807, 2.05) is 45.1 Å². The summed E-state index contributed by atoms with van der Waals surface area (Å²) < 4.78 is 12.3. The van der Waals surface area contributed by atoms with Gasteiger partial charge in [-0.05, 0) is 68.1 Å². The molecule has 2 rings (SSSR count). The molecule has 0 bridgehead atoms. The van der Waals surface area contributed by atoms with Gasteiger partial charge >= 0.3 is 5.97 Å². The molecule has 1 aromatic carbocycles. The molecule has 1 unspecified atom stereocenters. The summed E-state index contributed by atoms with van der Waals surface area (Å²) in [6.45, 7) is 16.6. The van der Waals surface area contributed by atoms with Crippen molar-refractivity contribution in [2.75, 3.05) is 0 Å². The number of esters is 1. The molecule has 1 aliphatic heterocycles. The Hall–Kier alpha value is -1.69. The van der Waals surface area contributed by atoms with Crippen LogP contribution in [0.25, 0.3) is 0 Å². The quantitative estimate of drug-likeness (QED) is 0.264. The highest BCUT2D eigenvalue weighted by Gasteiger charge is 2.38. The highest BCUT2D eigenvalue weighted by atomic mass is 35.5. The highest BCUT2D eigenvalue weighted by Crippen LogP contribution is 2.38. The van der Waals surface area contributed by atoms with Gasteiger partial charge in [0.05, 0.1) is 11.7 Å². The number of carbonyl (C=O) groups excluding carboxylic acids is 2. The fraction of sp³-hybridized carbons (Fsp3) is 0.538. The SMILES string of the molecule is Cc1cc(C)c2c(c1Cl)CC(=O)/C=C/CC(O[Si](C)(C)C(C)(C)C)/C=C/C[C@@H](C)OC2=O. The number of fused-ring (bicyclic) bond motifs is 1. The molecule has 1 aliphatic rings. The van der Waals surface area contributed by atoms with Crippen LogP contribution in [0.1, 0.15) is 67.6 Å². The number of benzene rings is 1. The summed E-state index contributed by atoms with van der Waals surface area (Å²) in [6, 6.07) is 1.86. The van der Waals surface area contributed by atoms with Crippen LogP contribution >= 0.6 is 11.6 Å². The second-order valence-corrected chi connectivity index (χ2v) is 15.4. The van der Waals surface area contributed by atoms with Crippen LogP contribution in [0, 0.1) is 13.8 Å². The fourth-order valence-corrected chi connectivity index (χ4v) is 5.00. The van der Waals surface area contributed by atoms with Gasteiger partial charge in [0.15, 0.2) is 14.1 Å². The lowest BCUT2D eigenvalue weighted by atomic mass is 9.94. The van der Waals surface area contributed by atoms with Gasteiger partial charge in [-0.2, -0.15) is 0 Å². The number of hydrogen-bond acceptors (Lipinski definition) is 4. The standard InChI is InChI=1S/C26H37ClO4Si/c1-17-15-18(2)24(27)22-16-20(28)12-10-14-21(31-32(7,8)26(4,5)6)13-9-11-19(3)30-25(29)23(17)22/h9-10,12-13,15,19,21H,11,14,16H2,1-8H3/b12-10+,13-9+/t19-,21?/m1/s1. The molecule has 1 heterocycles. The Morgan fingerprint density at radius 3 is 2.38 bits per heavy atom. The first kappa shape index (κ1) is 26.6. The maximum atomic E-state index is 13.0. The third kappa shape index (κ3) is 6.66. The van der Waals surface area contributed by atoms with Crippen LogP contribution in [0.5, 0.6) is 0 Å². The molecule has 6 heteroatoms. The number of halogens is 1. The molecule has 0 saturated heterocycles. The molecule has 0 aliphatic carbocycles. The Morgan fingerprint density at radius 1 is 1.09 bits per heavy atom. The van der Waals surface area contributed by atoms with Crippen molar-refractivity contribution in [3.8, 4) is 0 Å². The molecule has 176 valence electrons. The summed E-state index contributed by atoms with van der Waals surface area (Å²) >= 11 is 6.53. The molecule has 0 N–H and O–H groups in total. The fourth-order valence-electron chi connectivity index (χ4n) is 3.50. The van der Waals surface area contributed by atoms with Gasteiger partial charge in [0, 0.05) is 17.9 Å². The minimum absolute atomic E-state index is 0.0558. The van der Waals surface area contributed by atoms with Gasteiger partial charge in [-0.1, -0.05) is 56.7 Å². The predicted molar refractivity (Wildman–Crippen MR) is 134 cm³/mol. The third-order valence-electron chi connectivity index (χ3n) is 6.35. The molecule has 0 fully saturated rings. The zero-order valence-corrected chi connectivity index (χ0v) is 22.4. The average molecular weight is 477 g/mol. The summed E-state index contributed by atoms with van der Waals surface area (Å²) in [5.74, 6) is -0.547. The average Bonchev–Trinajstić information content (AvgIpc) is 2.63. The molecule has 0 aromatic heterocycles. The topological polar surface area (TPSA) is 52.6 Å². The van der Waals surface area contributed by atoms with Crippen LogP contribution < -0.4 is 0 Å². The lowest BCUT2D eigenvalue weighted by Crippen LogP contribution is -2.43. The van der Waals surface area contributed by atoms with E-state index in [1.165, 1.54) is 0 Å². The first-order valence-electron chi connectivity index (χ1n) is 11.3. The monoisotopic (exact) mass is 476 g/mol. The Labute approximate surface area is 199 Å². The minimum Gasteiger partial charge on any atom is -0.459 e. The number of carbonyl (C=O) groups is 2. The van der Waals surface area contributed by atoms with Crippen molar-refractivity contribution in [3.63, 3.8) is 0 Å². The number of hydrogen-bond donors (Lipinski definition) is 0. The maximum Gasteiger partial charge on any atom is 0.339 e. The summed E-state index contributed by atoms with van der Waals surface area (Å²) in [7, 11) is -1.99. The van der Waals surface area contributed by atoms with Gasteiger partial charge in [-0.3, -0.25) is 4.79 Å². The molecule has 2 atom stereocenters. The molecular formula is C26H37ClO4Si. The first-order valence-corrected chi connectivity index (χ1v) is 14.5. The smallest absolute Gasteiger partial charge is 0.339 e. The van der Waals surface area contributed by atoms with Gasteiger partial charge in [0.2, 0.25) is 0 Å². The van der Waals surface area contributed by atoms with Crippen LogP contribution in [-0.2, 0) is 20.4 Å². The number of cyclic esters (lactones) is 1. The second-order valence-electron chi connectivity index (χ2n) is 10.3. The summed E-state index contributed by atoms with van der Waals surface area (Å²) in [5.41, 5.74) is 2.54. The molecule has 4 nitrogen and oxygen atoms in total. The minimum atomic E-state index is -1.99. The van der Waals surface area contributed by atoms with Crippen LogP contribution in [0.2, 0.25) is 23.2 Å². The number of allylic oxidation sites excluding steroid dienone is 1. The zero-order chi connectivity index (χ0) is 24.3. The first-order chi connectivity index (χ1) is 14.7. The van der Waals surface area contributed by atoms with E-state index in [0.29, 0.717) is 29.0 Å². The van der Waals surface area contributed by atoms with Gasteiger partial charge < -0.3 is 9.16 Å². The van der Waals surface area contributed by atoms with E-state index in [0.717, 1.165) is 11.1 Å². The van der Waals surface area contributed by atoms with E-state index in [2.05, 4.69) is 33.9 Å². The molecule has 0 spiro atoms. The van der Waals surface area contributed by atoms with Gasteiger partial charge in [0.1, 0.15) is 6.10 Å². The molecule has 0 saturated carbocycles. The third-order valence-corrected chi connectivity index (χ3v) is 11.4. The van der Waals surface area contributed by atoms with Crippen molar-refractivity contribution < 1.29 is 18.8 Å². The second kappa shape index (κ2) is 10.5. The highest BCUT2D eigenvalue weighted by molar-refractivity contribution is 6.74. The largest absolute Gasteiger partial charge is 0.459 e. The van der Waals surface area contributed by atoms with Crippen LogP contribution in [0.3, 0.4) is 0 Å². The lowest BCUT2D eigenvalue weighted by molar-refractivity contribution is -0.114. The maximum absolute atomic E-state index is 13.0. The van der Waals surface area contributed by atoms with Gasteiger partial charge in [-0.15, -0.1) is 0 Å². The normalized spacial score (nSPS) is 23.2. The van der Waals surface area contributed by atoms with Crippen molar-refractivity contribution in [1.82, 2.24) is 0 Å². The van der Waals surface area contributed by atoms with Crippen LogP contribution in [0.15, 0.2) is 30.4 Å². The predicted octanol–water partition coefficient (Wildman–Crippen LogP) is 6.91. The van der Waals surface area contributed by atoms with Crippen molar-refractivity contribution >= 4 is 31.7 Å². The van der Waals surface area contributed by atoms with E-state index in [-0.39, 0.29) is 29.5 Å². The number of aryl methyl sites for hydroxylation is 2. The van der Waals surface area contributed by atoms with E-state index in [9.17, 15) is 9.59 Å². The van der Waals surface area contributed by atoms with E-state index in [1.54, 1.807) is 6.08 Å². The molecule has 0 amide bonds. The van der Waals surface area contributed by atoms with Gasteiger partial charge in [0.25, 0.3) is 0 Å². The van der Waals surface area contributed by atoms with Crippen molar-refractivity contribution in [1.29, 1.82) is 0 Å². The Bertz CT molecular complexity index is 925. The van der Waals surface area contributed by atoms with Gasteiger partial charge in [-0.25, -0.2) is 4.79 Å². The Morgan fingerprint density at radius 2 is 1.75 bits per heavy atom. The number of rotatable bonds is 2. The Kier molecular flexibility index (Phi) is 8.71. The number of ether oxygens (including phenoxy) is 1. The summed E-state index contributed by atoms with van der Waals surface area (Å²) in [4.78, 5) is 25.8. The van der Waals surface area contributed by atoms with Crippen molar-refractivity contribution in [3.05, 3.63) is 57.6 Å². The zero-order valence-electron chi connectivity index (χ0n) is 20.7. The Balaban J connectivity index is 2.40. The van der Waals surface area contributed by atoms with E-state index < -0.39 is 14.3 Å². The lowest BCUT2D eigenvalue weighted by Gasteiger charge is -2.38. The number of ketones is 1. The van der Waals surface area contributed by atoms with Crippen molar-refractivity contribution in [2.45, 2.75) is 91.1 Å². The molecule has 0 radical (unpaired) electrons. The molecule has 32 heavy (non-hydrogen) atoms.